The fourth-order valence-electron chi connectivity index (χ4n) is 8.79. The van der Waals surface area contributed by atoms with Crippen molar-refractivity contribution in [3.05, 3.63) is 97.2 Å². The van der Waals surface area contributed by atoms with Crippen molar-refractivity contribution in [1.82, 2.24) is 0 Å². The van der Waals surface area contributed by atoms with E-state index in [-0.39, 0.29) is 31.1 Å². The van der Waals surface area contributed by atoms with Crippen LogP contribution in [0.2, 0.25) is 0 Å². The Kier molecular flexibility index (Phi) is 59.8. The van der Waals surface area contributed by atoms with Crippen molar-refractivity contribution in [2.75, 3.05) is 13.2 Å². The number of esters is 3. The van der Waals surface area contributed by atoms with E-state index in [2.05, 4.69) is 118 Å². The zero-order valence-corrected chi connectivity index (χ0v) is 49.3. The lowest BCUT2D eigenvalue weighted by atomic mass is 10.0. The van der Waals surface area contributed by atoms with Gasteiger partial charge in [-0.3, -0.25) is 14.4 Å². The van der Waals surface area contributed by atoms with E-state index in [4.69, 9.17) is 14.2 Å². The molecule has 1 unspecified atom stereocenters. The number of carbonyl (C=O) groups is 3. The minimum Gasteiger partial charge on any atom is -0.462 e. The molecule has 0 aromatic heterocycles. The lowest BCUT2D eigenvalue weighted by Gasteiger charge is -2.18. The highest BCUT2D eigenvalue weighted by Crippen LogP contribution is 2.16. The second kappa shape index (κ2) is 62.9. The molecule has 0 aromatic carbocycles. The SMILES string of the molecule is CC/C=C\C/C=C\C/C=C\CCCCCCCC(=O)OCC(COC(=O)CCCCCCCCCCCCC/C=C\C/C=C\CCCCCCC)OC(=O)CCCCCCCC/C=C\C/C=C\C/C=C\CCCCC. The predicted molar refractivity (Wildman–Crippen MR) is 325 cm³/mol. The summed E-state index contributed by atoms with van der Waals surface area (Å²) in [6.07, 6.45) is 84.0. The molecule has 0 aliphatic heterocycles. The van der Waals surface area contributed by atoms with E-state index in [1.807, 2.05) is 0 Å². The molecule has 0 rings (SSSR count). The van der Waals surface area contributed by atoms with E-state index < -0.39 is 6.10 Å². The molecule has 0 amide bonds. The molecule has 0 bridgehead atoms. The monoisotopic (exact) mass is 1040 g/mol. The zero-order valence-electron chi connectivity index (χ0n) is 49.3. The van der Waals surface area contributed by atoms with Gasteiger partial charge in [0.05, 0.1) is 0 Å². The number of hydrogen-bond acceptors (Lipinski definition) is 6. The number of hydrogen-bond donors (Lipinski definition) is 0. The van der Waals surface area contributed by atoms with Gasteiger partial charge in [0, 0.05) is 19.3 Å². The number of rotatable bonds is 57. The Hall–Kier alpha value is -3.67. The maximum Gasteiger partial charge on any atom is 0.306 e. The molecule has 0 radical (unpaired) electrons. The smallest absolute Gasteiger partial charge is 0.306 e. The minimum absolute atomic E-state index is 0.0895. The molecule has 0 fully saturated rings. The molecular weight excluding hydrogens is 925 g/mol. The Morgan fingerprint density at radius 2 is 0.520 bits per heavy atom. The van der Waals surface area contributed by atoms with Gasteiger partial charge in [-0.15, -0.1) is 0 Å². The molecule has 0 saturated carbocycles. The fourth-order valence-corrected chi connectivity index (χ4v) is 8.79. The second-order valence-electron chi connectivity index (χ2n) is 20.9. The highest BCUT2D eigenvalue weighted by molar-refractivity contribution is 5.71. The molecule has 0 aromatic rings. The van der Waals surface area contributed by atoms with Crippen LogP contribution in [0.5, 0.6) is 0 Å². The lowest BCUT2D eigenvalue weighted by molar-refractivity contribution is -0.167. The van der Waals surface area contributed by atoms with Gasteiger partial charge >= 0.3 is 17.9 Å². The summed E-state index contributed by atoms with van der Waals surface area (Å²) in [6.45, 7) is 6.49. The van der Waals surface area contributed by atoms with Crippen molar-refractivity contribution in [1.29, 1.82) is 0 Å². The number of unbranched alkanes of at least 4 members (excludes halogenated alkanes) is 30. The van der Waals surface area contributed by atoms with Gasteiger partial charge < -0.3 is 14.2 Å². The minimum atomic E-state index is -0.795. The Balaban J connectivity index is 4.39. The van der Waals surface area contributed by atoms with E-state index >= 15 is 0 Å². The Morgan fingerprint density at radius 3 is 0.840 bits per heavy atom. The van der Waals surface area contributed by atoms with Crippen LogP contribution in [0.3, 0.4) is 0 Å². The summed E-state index contributed by atoms with van der Waals surface area (Å²) < 4.78 is 16.9. The number of ether oxygens (including phenoxy) is 3. The second-order valence-corrected chi connectivity index (χ2v) is 20.9. The van der Waals surface area contributed by atoms with Crippen molar-refractivity contribution < 1.29 is 28.6 Å². The van der Waals surface area contributed by atoms with Crippen LogP contribution in [0.4, 0.5) is 0 Å². The summed E-state index contributed by atoms with van der Waals surface area (Å²) in [5.41, 5.74) is 0. The molecule has 0 spiro atoms. The van der Waals surface area contributed by atoms with E-state index in [9.17, 15) is 14.4 Å². The maximum atomic E-state index is 12.9. The van der Waals surface area contributed by atoms with Crippen LogP contribution in [-0.4, -0.2) is 37.2 Å². The molecule has 1 atom stereocenters. The average Bonchev–Trinajstić information content (AvgIpc) is 3.41. The topological polar surface area (TPSA) is 78.9 Å². The van der Waals surface area contributed by atoms with Gasteiger partial charge in [0.2, 0.25) is 0 Å². The molecule has 6 nitrogen and oxygen atoms in total. The zero-order chi connectivity index (χ0) is 54.3. The number of carbonyl (C=O) groups excluding carboxylic acids is 3. The Morgan fingerprint density at radius 1 is 0.280 bits per heavy atom. The van der Waals surface area contributed by atoms with Gasteiger partial charge in [-0.05, 0) is 122 Å². The van der Waals surface area contributed by atoms with E-state index in [0.29, 0.717) is 19.3 Å². The molecule has 0 aliphatic rings. The highest BCUT2D eigenvalue weighted by atomic mass is 16.6. The van der Waals surface area contributed by atoms with Crippen molar-refractivity contribution in [2.24, 2.45) is 0 Å². The van der Waals surface area contributed by atoms with Crippen molar-refractivity contribution in [2.45, 2.75) is 309 Å². The van der Waals surface area contributed by atoms with Crippen LogP contribution in [0, 0.1) is 0 Å². The fraction of sp³-hybridized carbons (Fsp3) is 0.725. The van der Waals surface area contributed by atoms with Crippen LogP contribution in [0.25, 0.3) is 0 Å². The first kappa shape index (κ1) is 71.3. The quantitative estimate of drug-likeness (QED) is 0.0261. The third-order valence-corrected chi connectivity index (χ3v) is 13.5. The lowest BCUT2D eigenvalue weighted by Crippen LogP contribution is -2.30. The third-order valence-electron chi connectivity index (χ3n) is 13.5. The van der Waals surface area contributed by atoms with Crippen molar-refractivity contribution in [3.63, 3.8) is 0 Å². The van der Waals surface area contributed by atoms with Crippen LogP contribution in [0.15, 0.2) is 97.2 Å². The largest absolute Gasteiger partial charge is 0.462 e. The molecule has 0 N–H and O–H groups in total. The van der Waals surface area contributed by atoms with Gasteiger partial charge in [-0.2, -0.15) is 0 Å². The molecule has 0 saturated heterocycles. The van der Waals surface area contributed by atoms with Crippen LogP contribution >= 0.6 is 0 Å². The van der Waals surface area contributed by atoms with Crippen molar-refractivity contribution >= 4 is 17.9 Å². The molecule has 0 aliphatic carbocycles. The Labute approximate surface area is 464 Å². The normalized spacial score (nSPS) is 12.7. The first-order valence-electron chi connectivity index (χ1n) is 31.7. The van der Waals surface area contributed by atoms with Gasteiger partial charge in [0.15, 0.2) is 6.10 Å². The molecule has 0 heterocycles. The highest BCUT2D eigenvalue weighted by Gasteiger charge is 2.19. The van der Waals surface area contributed by atoms with Gasteiger partial charge in [-0.25, -0.2) is 0 Å². The van der Waals surface area contributed by atoms with Crippen molar-refractivity contribution in [3.8, 4) is 0 Å². The predicted octanol–water partition coefficient (Wildman–Crippen LogP) is 21.7. The van der Waals surface area contributed by atoms with Gasteiger partial charge in [-0.1, -0.05) is 259 Å². The molecule has 6 heteroatoms. The van der Waals surface area contributed by atoms with Crippen LogP contribution in [0.1, 0.15) is 303 Å². The molecular formula is C69H118O6. The van der Waals surface area contributed by atoms with Gasteiger partial charge in [0.1, 0.15) is 13.2 Å². The summed E-state index contributed by atoms with van der Waals surface area (Å²) in [7, 11) is 0. The number of allylic oxidation sites excluding steroid dienone is 16. The van der Waals surface area contributed by atoms with Crippen LogP contribution < -0.4 is 0 Å². The molecule has 430 valence electrons. The summed E-state index contributed by atoms with van der Waals surface area (Å²) in [5, 5.41) is 0. The Bertz CT molecular complexity index is 1480. The first-order chi connectivity index (χ1) is 37.0. The molecule has 75 heavy (non-hydrogen) atoms. The maximum absolute atomic E-state index is 12.9. The van der Waals surface area contributed by atoms with Crippen LogP contribution in [-0.2, 0) is 28.6 Å². The summed E-state index contributed by atoms with van der Waals surface area (Å²) in [4.78, 5) is 38.3. The third kappa shape index (κ3) is 61.1. The summed E-state index contributed by atoms with van der Waals surface area (Å²) in [5.74, 6) is -0.913. The first-order valence-corrected chi connectivity index (χ1v) is 31.7. The van der Waals surface area contributed by atoms with E-state index in [1.54, 1.807) is 0 Å². The average molecular weight is 1040 g/mol. The van der Waals surface area contributed by atoms with E-state index in [0.717, 1.165) is 128 Å². The van der Waals surface area contributed by atoms with Gasteiger partial charge in [0.25, 0.3) is 0 Å². The van der Waals surface area contributed by atoms with E-state index in [1.165, 1.54) is 135 Å². The standard InChI is InChI=1S/C69H118O6/c1-4-7-10-13-16-19-22-25-28-30-32-33-34-35-37-38-41-44-47-50-53-56-59-62-68(71)74-65-66(64-73-67(70)61-58-55-52-49-46-43-40-27-24-21-18-15-12-9-6-3)75-69(72)63-60-57-54-51-48-45-42-39-36-31-29-26-23-20-17-14-11-8-5-2/h9,12,17-18,20-22,25-27,29-30,32,36,39-40,66H,4-8,10-11,13-16,19,23-24,28,31,33-35,37-38,41-65H2,1-3H3/b12-9-,20-17-,21-18-,25-22-,29-26-,32-30-,39-36-,40-27-. The summed E-state index contributed by atoms with van der Waals surface area (Å²) >= 11 is 0. The summed E-state index contributed by atoms with van der Waals surface area (Å²) in [6, 6.07) is 0.